The molecule has 38 heavy (non-hydrogen) atoms. The van der Waals surface area contributed by atoms with Crippen LogP contribution in [-0.2, 0) is 16.4 Å². The van der Waals surface area contributed by atoms with Gasteiger partial charge in [-0.05, 0) is 90.1 Å². The van der Waals surface area contributed by atoms with Gasteiger partial charge in [0.2, 0.25) is 0 Å². The summed E-state index contributed by atoms with van der Waals surface area (Å²) in [6.07, 6.45) is 10.5. The smallest absolute Gasteiger partial charge is 0.268 e. The van der Waals surface area contributed by atoms with Gasteiger partial charge in [-0.1, -0.05) is 30.9 Å². The molecule has 2 heterocycles. The SMILES string of the molecule is C=C(NC(C)=NC(C)CC(C)N=C(C)C1CCCNC1)c1cn(S(=O)(=O)c2ccccc2)c2c1CCC=C2. The van der Waals surface area contributed by atoms with Crippen LogP contribution in [0.1, 0.15) is 70.2 Å². The Bertz CT molecular complexity index is 1330. The fourth-order valence-corrected chi connectivity index (χ4v) is 6.87. The van der Waals surface area contributed by atoms with Gasteiger partial charge in [0.05, 0.1) is 22.5 Å². The lowest BCUT2D eigenvalue weighted by atomic mass is 9.95. The number of piperidine rings is 1. The van der Waals surface area contributed by atoms with Gasteiger partial charge in [-0.15, -0.1) is 0 Å². The Morgan fingerprint density at radius 2 is 1.92 bits per heavy atom. The van der Waals surface area contributed by atoms with E-state index in [1.807, 2.05) is 25.1 Å². The van der Waals surface area contributed by atoms with Crippen molar-refractivity contribution in [2.24, 2.45) is 15.9 Å². The summed E-state index contributed by atoms with van der Waals surface area (Å²) in [6.45, 7) is 14.7. The van der Waals surface area contributed by atoms with E-state index in [0.717, 1.165) is 49.3 Å². The van der Waals surface area contributed by atoms with Crippen molar-refractivity contribution in [3.63, 3.8) is 0 Å². The van der Waals surface area contributed by atoms with Crippen molar-refractivity contribution in [3.05, 3.63) is 66.0 Å². The molecule has 1 aliphatic carbocycles. The van der Waals surface area contributed by atoms with Crippen LogP contribution in [-0.4, -0.2) is 49.1 Å². The predicted octanol–water partition coefficient (Wildman–Crippen LogP) is 5.29. The van der Waals surface area contributed by atoms with Crippen LogP contribution in [0.2, 0.25) is 0 Å². The van der Waals surface area contributed by atoms with Crippen LogP contribution in [0.25, 0.3) is 11.8 Å². The minimum Gasteiger partial charge on any atom is -0.344 e. The second-order valence-electron chi connectivity index (χ2n) is 10.5. The Hall–Kier alpha value is -2.97. The average Bonchev–Trinajstić information content (AvgIpc) is 3.30. The summed E-state index contributed by atoms with van der Waals surface area (Å²) < 4.78 is 28.2. The Morgan fingerprint density at radius 3 is 2.63 bits per heavy atom. The molecule has 3 unspecified atom stereocenters. The summed E-state index contributed by atoms with van der Waals surface area (Å²) in [5, 5.41) is 6.79. The maximum atomic E-state index is 13.4. The van der Waals surface area contributed by atoms with Crippen molar-refractivity contribution in [1.82, 2.24) is 14.6 Å². The van der Waals surface area contributed by atoms with E-state index >= 15 is 0 Å². The van der Waals surface area contributed by atoms with Crippen molar-refractivity contribution >= 4 is 33.3 Å². The molecule has 1 fully saturated rings. The molecule has 2 N–H and O–H groups in total. The highest BCUT2D eigenvalue weighted by atomic mass is 32.2. The molecule has 1 aromatic carbocycles. The molecule has 0 radical (unpaired) electrons. The number of hydrogen-bond donors (Lipinski definition) is 2. The molecule has 204 valence electrons. The molecule has 2 aliphatic rings. The zero-order valence-corrected chi connectivity index (χ0v) is 23.9. The summed E-state index contributed by atoms with van der Waals surface area (Å²) in [6, 6.07) is 8.82. The average molecular weight is 536 g/mol. The lowest BCUT2D eigenvalue weighted by Gasteiger charge is -2.23. The molecule has 1 aromatic heterocycles. The maximum Gasteiger partial charge on any atom is 0.268 e. The second-order valence-corrected chi connectivity index (χ2v) is 12.3. The van der Waals surface area contributed by atoms with Crippen LogP contribution in [0.15, 0.2) is 64.1 Å². The number of amidine groups is 1. The number of hydrogen-bond acceptors (Lipinski definition) is 5. The van der Waals surface area contributed by atoms with Crippen LogP contribution in [0.4, 0.5) is 0 Å². The first kappa shape index (κ1) is 28.0. The third-order valence-corrected chi connectivity index (χ3v) is 9.01. The monoisotopic (exact) mass is 535 g/mol. The standard InChI is InChI=1S/C30H41N5O2S/c1-21(32-23(3)26-12-11-17-31-19-26)18-22(2)33-25(5)34-24(4)29-20-35(30-16-10-9-15-28(29)30)38(36,37)27-13-7-6-8-14-27/h6-8,10,13-14,16,20-22,26,31H,4,9,11-12,15,17-19H2,1-3,5H3,(H,33,34). The largest absolute Gasteiger partial charge is 0.344 e. The number of allylic oxidation sites excluding steroid dienone is 1. The van der Waals surface area contributed by atoms with Crippen molar-refractivity contribution < 1.29 is 8.42 Å². The fraction of sp³-hybridized carbons (Fsp3) is 0.467. The van der Waals surface area contributed by atoms with E-state index in [4.69, 9.17) is 9.98 Å². The second kappa shape index (κ2) is 12.3. The topological polar surface area (TPSA) is 87.8 Å². The molecule has 7 nitrogen and oxygen atoms in total. The van der Waals surface area contributed by atoms with Gasteiger partial charge >= 0.3 is 0 Å². The summed E-state index contributed by atoms with van der Waals surface area (Å²) in [4.78, 5) is 10.1. The van der Waals surface area contributed by atoms with E-state index < -0.39 is 10.0 Å². The number of rotatable bonds is 9. The van der Waals surface area contributed by atoms with Crippen molar-refractivity contribution in [3.8, 4) is 0 Å². The number of fused-ring (bicyclic) bond motifs is 1. The molecular formula is C30H41N5O2S. The van der Waals surface area contributed by atoms with E-state index in [0.29, 0.717) is 17.3 Å². The van der Waals surface area contributed by atoms with Crippen molar-refractivity contribution in [1.29, 1.82) is 0 Å². The fourth-order valence-electron chi connectivity index (χ4n) is 5.47. The van der Waals surface area contributed by atoms with Gasteiger partial charge in [-0.3, -0.25) is 9.98 Å². The van der Waals surface area contributed by atoms with Crippen molar-refractivity contribution in [2.45, 2.75) is 76.8 Å². The number of nitrogens with zero attached hydrogens (tertiary/aromatic N) is 3. The third kappa shape index (κ3) is 6.53. The highest BCUT2D eigenvalue weighted by Crippen LogP contribution is 2.31. The quantitative estimate of drug-likeness (QED) is 0.337. The number of nitrogens with one attached hydrogen (secondary N) is 2. The summed E-state index contributed by atoms with van der Waals surface area (Å²) in [5.74, 6) is 1.29. The Balaban J connectivity index is 1.46. The van der Waals surface area contributed by atoms with E-state index in [1.54, 1.807) is 30.5 Å². The van der Waals surface area contributed by atoms with Crippen molar-refractivity contribution in [2.75, 3.05) is 13.1 Å². The maximum absolute atomic E-state index is 13.4. The molecule has 4 rings (SSSR count). The molecule has 3 atom stereocenters. The zero-order chi connectivity index (χ0) is 27.3. The van der Waals surface area contributed by atoms with Gasteiger partial charge < -0.3 is 10.6 Å². The van der Waals surface area contributed by atoms with Gasteiger partial charge in [-0.25, -0.2) is 12.4 Å². The van der Waals surface area contributed by atoms with Crippen LogP contribution in [0.5, 0.6) is 0 Å². The molecule has 0 amide bonds. The van der Waals surface area contributed by atoms with Gasteiger partial charge in [0.15, 0.2) is 0 Å². The Kier molecular flexibility index (Phi) is 9.05. The Labute approximate surface area is 227 Å². The summed E-state index contributed by atoms with van der Waals surface area (Å²) >= 11 is 0. The lowest BCUT2D eigenvalue weighted by molar-refractivity contribution is 0.453. The minimum atomic E-state index is -3.72. The zero-order valence-electron chi connectivity index (χ0n) is 23.1. The van der Waals surface area contributed by atoms with Crippen LogP contribution >= 0.6 is 0 Å². The first-order chi connectivity index (χ1) is 18.2. The molecular weight excluding hydrogens is 494 g/mol. The molecule has 0 bridgehead atoms. The van der Waals surface area contributed by atoms with Crippen LogP contribution < -0.4 is 10.6 Å². The lowest BCUT2D eigenvalue weighted by Crippen LogP contribution is -2.34. The molecule has 0 saturated carbocycles. The normalized spacial score (nSPS) is 20.1. The van der Waals surface area contributed by atoms with E-state index in [2.05, 4.69) is 38.0 Å². The minimum absolute atomic E-state index is 0.0891. The van der Waals surface area contributed by atoms with E-state index in [-0.39, 0.29) is 17.0 Å². The first-order valence-electron chi connectivity index (χ1n) is 13.6. The van der Waals surface area contributed by atoms with Crippen LogP contribution in [0.3, 0.4) is 0 Å². The molecule has 1 aliphatic heterocycles. The number of aliphatic imine (C=N–C) groups is 2. The van der Waals surface area contributed by atoms with Gasteiger partial charge in [0.1, 0.15) is 0 Å². The highest BCUT2D eigenvalue weighted by molar-refractivity contribution is 7.90. The predicted molar refractivity (Wildman–Crippen MR) is 158 cm³/mol. The van der Waals surface area contributed by atoms with Crippen LogP contribution in [0, 0.1) is 5.92 Å². The van der Waals surface area contributed by atoms with Gasteiger partial charge in [0.25, 0.3) is 10.0 Å². The molecule has 2 aromatic rings. The third-order valence-electron chi connectivity index (χ3n) is 7.32. The Morgan fingerprint density at radius 1 is 1.18 bits per heavy atom. The summed E-state index contributed by atoms with van der Waals surface area (Å²) in [5.41, 5.74) is 4.37. The van der Waals surface area contributed by atoms with E-state index in [1.165, 1.54) is 22.5 Å². The molecule has 0 spiro atoms. The highest BCUT2D eigenvalue weighted by Gasteiger charge is 2.26. The first-order valence-corrected chi connectivity index (χ1v) is 15.1. The number of aromatic nitrogens is 1. The number of benzene rings is 1. The van der Waals surface area contributed by atoms with Gasteiger partial charge in [-0.2, -0.15) is 0 Å². The molecule has 1 saturated heterocycles. The molecule has 8 heteroatoms. The van der Waals surface area contributed by atoms with Gasteiger partial charge in [0, 0.05) is 41.7 Å². The summed E-state index contributed by atoms with van der Waals surface area (Å²) in [7, 11) is -3.72. The van der Waals surface area contributed by atoms with E-state index in [9.17, 15) is 8.42 Å².